The van der Waals surface area contributed by atoms with Crippen LogP contribution < -0.4 is 5.32 Å². The van der Waals surface area contributed by atoms with Gasteiger partial charge in [0.15, 0.2) is 0 Å². The van der Waals surface area contributed by atoms with Crippen molar-refractivity contribution in [3.63, 3.8) is 0 Å². The predicted octanol–water partition coefficient (Wildman–Crippen LogP) is 1.92. The van der Waals surface area contributed by atoms with Crippen LogP contribution in [-0.2, 0) is 6.54 Å². The molecule has 0 fully saturated rings. The largest absolute Gasteiger partial charge is 0.311 e. The van der Waals surface area contributed by atoms with Gasteiger partial charge in [0.05, 0.1) is 11.7 Å². The third-order valence-electron chi connectivity index (χ3n) is 2.24. The molecule has 1 aromatic heterocycles. The highest BCUT2D eigenvalue weighted by Crippen LogP contribution is 2.17. The molecule has 3 nitrogen and oxygen atoms in total. The minimum absolute atomic E-state index is 0.419. The van der Waals surface area contributed by atoms with E-state index >= 15 is 0 Å². The van der Waals surface area contributed by atoms with Gasteiger partial charge in [0.1, 0.15) is 0 Å². The van der Waals surface area contributed by atoms with Crippen molar-refractivity contribution in [3.8, 4) is 0 Å². The number of hydrogen-bond donors (Lipinski definition) is 1. The highest BCUT2D eigenvalue weighted by atomic mass is 32.2. The number of nitrogens with zero attached hydrogens (tertiary/aromatic N) is 2. The van der Waals surface area contributed by atoms with E-state index < -0.39 is 0 Å². The van der Waals surface area contributed by atoms with Gasteiger partial charge >= 0.3 is 0 Å². The Morgan fingerprint density at radius 2 is 2.36 bits per heavy atom. The van der Waals surface area contributed by atoms with Gasteiger partial charge in [-0.25, -0.2) is 0 Å². The molecule has 0 bridgehead atoms. The van der Waals surface area contributed by atoms with Crippen LogP contribution >= 0.6 is 11.8 Å². The fourth-order valence-electron chi connectivity index (χ4n) is 1.46. The first kappa shape index (κ1) is 11.6. The van der Waals surface area contributed by atoms with Crippen molar-refractivity contribution in [2.75, 3.05) is 18.6 Å². The van der Waals surface area contributed by atoms with Crippen LogP contribution in [0.25, 0.3) is 0 Å². The van der Waals surface area contributed by atoms with Crippen LogP contribution in [0.4, 0.5) is 0 Å². The van der Waals surface area contributed by atoms with E-state index in [0.29, 0.717) is 6.04 Å². The topological polar surface area (TPSA) is 29.9 Å². The molecular weight excluding hydrogens is 194 g/mol. The summed E-state index contributed by atoms with van der Waals surface area (Å²) < 4.78 is 2.05. The van der Waals surface area contributed by atoms with Crippen LogP contribution in [0.2, 0.25) is 0 Å². The first-order valence-corrected chi connectivity index (χ1v) is 6.25. The van der Waals surface area contributed by atoms with Crippen LogP contribution in [0.1, 0.15) is 25.6 Å². The Morgan fingerprint density at radius 1 is 1.57 bits per heavy atom. The molecule has 0 amide bonds. The highest BCUT2D eigenvalue weighted by molar-refractivity contribution is 7.99. The minimum atomic E-state index is 0.419. The van der Waals surface area contributed by atoms with Crippen LogP contribution in [0.3, 0.4) is 0 Å². The molecular formula is C10H19N3S. The first-order valence-electron chi connectivity index (χ1n) is 5.10. The molecule has 1 rings (SSSR count). The number of hydrogen-bond acceptors (Lipinski definition) is 3. The predicted molar refractivity (Wildman–Crippen MR) is 62.7 cm³/mol. The van der Waals surface area contributed by atoms with Crippen LogP contribution in [0.15, 0.2) is 12.3 Å². The monoisotopic (exact) mass is 213 g/mol. The van der Waals surface area contributed by atoms with Crippen LogP contribution in [-0.4, -0.2) is 28.3 Å². The van der Waals surface area contributed by atoms with Gasteiger partial charge in [-0.1, -0.05) is 6.92 Å². The fourth-order valence-corrected chi connectivity index (χ4v) is 2.26. The number of nitrogens with one attached hydrogen (secondary N) is 1. The standard InChI is InChI=1S/C10H19N3S/c1-4-13-10(6-7-12-13)9(11-3)8-14-5-2/h6-7,9,11H,4-5,8H2,1-3H3. The summed E-state index contributed by atoms with van der Waals surface area (Å²) in [5, 5.41) is 7.61. The Hall–Kier alpha value is -0.480. The molecule has 0 radical (unpaired) electrons. The summed E-state index contributed by atoms with van der Waals surface area (Å²) in [6, 6.07) is 2.52. The quantitative estimate of drug-likeness (QED) is 0.783. The van der Waals surface area contributed by atoms with Crippen LogP contribution in [0, 0.1) is 0 Å². The molecule has 80 valence electrons. The third-order valence-corrected chi connectivity index (χ3v) is 3.22. The molecule has 0 aromatic carbocycles. The van der Waals surface area contributed by atoms with Gasteiger partial charge in [-0.05, 0) is 25.8 Å². The molecule has 0 spiro atoms. The Kier molecular flexibility index (Phi) is 5.04. The summed E-state index contributed by atoms with van der Waals surface area (Å²) in [7, 11) is 2.01. The Bertz CT molecular complexity index is 260. The Balaban J connectivity index is 2.67. The zero-order chi connectivity index (χ0) is 10.4. The maximum absolute atomic E-state index is 4.28. The molecule has 0 saturated carbocycles. The lowest BCUT2D eigenvalue weighted by molar-refractivity contribution is 0.549. The van der Waals surface area contributed by atoms with Gasteiger partial charge in [-0.3, -0.25) is 4.68 Å². The zero-order valence-corrected chi connectivity index (χ0v) is 9.97. The smallest absolute Gasteiger partial charge is 0.0581 e. The lowest BCUT2D eigenvalue weighted by Gasteiger charge is -2.16. The van der Waals surface area contributed by atoms with Gasteiger partial charge in [0.2, 0.25) is 0 Å². The molecule has 0 aliphatic heterocycles. The fraction of sp³-hybridized carbons (Fsp3) is 0.700. The maximum Gasteiger partial charge on any atom is 0.0581 e. The van der Waals surface area contributed by atoms with Crippen molar-refractivity contribution in [2.24, 2.45) is 0 Å². The maximum atomic E-state index is 4.28. The number of thioether (sulfide) groups is 1. The lowest BCUT2D eigenvalue weighted by atomic mass is 10.2. The Labute approximate surface area is 90.3 Å². The zero-order valence-electron chi connectivity index (χ0n) is 9.16. The first-order chi connectivity index (χ1) is 6.83. The molecule has 0 saturated heterocycles. The van der Waals surface area contributed by atoms with Gasteiger partial charge in [-0.15, -0.1) is 0 Å². The molecule has 14 heavy (non-hydrogen) atoms. The van der Waals surface area contributed by atoms with Crippen molar-refractivity contribution < 1.29 is 0 Å². The molecule has 1 atom stereocenters. The average Bonchev–Trinajstić information content (AvgIpc) is 2.67. The van der Waals surface area contributed by atoms with Crippen molar-refractivity contribution >= 4 is 11.8 Å². The number of aromatic nitrogens is 2. The van der Waals surface area contributed by atoms with E-state index in [1.54, 1.807) is 0 Å². The molecule has 0 aliphatic carbocycles. The number of aryl methyl sites for hydroxylation is 1. The normalized spacial score (nSPS) is 13.1. The van der Waals surface area contributed by atoms with Crippen molar-refractivity contribution in [2.45, 2.75) is 26.4 Å². The minimum Gasteiger partial charge on any atom is -0.311 e. The second-order valence-electron chi connectivity index (χ2n) is 3.07. The van der Waals surface area contributed by atoms with E-state index in [-0.39, 0.29) is 0 Å². The molecule has 1 N–H and O–H groups in total. The van der Waals surface area contributed by atoms with Crippen molar-refractivity contribution in [1.82, 2.24) is 15.1 Å². The molecule has 1 aromatic rings. The molecule has 1 heterocycles. The molecule has 0 aliphatic rings. The van der Waals surface area contributed by atoms with Gasteiger partial charge in [0.25, 0.3) is 0 Å². The summed E-state index contributed by atoms with van der Waals surface area (Å²) in [4.78, 5) is 0. The van der Waals surface area contributed by atoms with Gasteiger partial charge in [-0.2, -0.15) is 16.9 Å². The van der Waals surface area contributed by atoms with E-state index in [4.69, 9.17) is 0 Å². The summed E-state index contributed by atoms with van der Waals surface area (Å²) >= 11 is 1.95. The van der Waals surface area contributed by atoms with E-state index in [2.05, 4.69) is 35.0 Å². The molecule has 4 heteroatoms. The van der Waals surface area contributed by atoms with E-state index in [1.807, 2.05) is 25.0 Å². The summed E-state index contributed by atoms with van der Waals surface area (Å²) in [5.41, 5.74) is 1.29. The summed E-state index contributed by atoms with van der Waals surface area (Å²) in [6.07, 6.45) is 1.87. The second-order valence-corrected chi connectivity index (χ2v) is 4.39. The van der Waals surface area contributed by atoms with E-state index in [1.165, 1.54) is 11.4 Å². The van der Waals surface area contributed by atoms with E-state index in [9.17, 15) is 0 Å². The van der Waals surface area contributed by atoms with Crippen LogP contribution in [0.5, 0.6) is 0 Å². The van der Waals surface area contributed by atoms with E-state index in [0.717, 1.165) is 12.3 Å². The summed E-state index contributed by atoms with van der Waals surface area (Å²) in [6.45, 7) is 5.25. The summed E-state index contributed by atoms with van der Waals surface area (Å²) in [5.74, 6) is 2.27. The molecule has 1 unspecified atom stereocenters. The van der Waals surface area contributed by atoms with Gasteiger partial charge in [0, 0.05) is 18.5 Å². The average molecular weight is 213 g/mol. The van der Waals surface area contributed by atoms with Gasteiger partial charge < -0.3 is 5.32 Å². The number of rotatable bonds is 6. The Morgan fingerprint density at radius 3 is 2.93 bits per heavy atom. The SMILES string of the molecule is CCSCC(NC)c1ccnn1CC. The van der Waals surface area contributed by atoms with Crippen molar-refractivity contribution in [3.05, 3.63) is 18.0 Å². The lowest BCUT2D eigenvalue weighted by Crippen LogP contribution is -2.22. The highest BCUT2D eigenvalue weighted by Gasteiger charge is 2.12. The van der Waals surface area contributed by atoms with Crippen molar-refractivity contribution in [1.29, 1.82) is 0 Å². The second kappa shape index (κ2) is 6.09. The third kappa shape index (κ3) is 2.75.